The van der Waals surface area contributed by atoms with E-state index in [1.165, 1.54) is 0 Å². The van der Waals surface area contributed by atoms with Crippen molar-refractivity contribution < 1.29 is 4.74 Å². The fourth-order valence-electron chi connectivity index (χ4n) is 3.67. The van der Waals surface area contributed by atoms with Gasteiger partial charge in [0, 0.05) is 36.4 Å². The summed E-state index contributed by atoms with van der Waals surface area (Å²) in [6.45, 7) is 1.93. The quantitative estimate of drug-likeness (QED) is 0.510. The lowest BCUT2D eigenvalue weighted by Crippen LogP contribution is -2.37. The van der Waals surface area contributed by atoms with Gasteiger partial charge in [-0.1, -0.05) is 12.1 Å². The molecule has 0 N–H and O–H groups in total. The van der Waals surface area contributed by atoms with E-state index in [1.807, 2.05) is 36.4 Å². The molecule has 146 valence electrons. The Morgan fingerprint density at radius 3 is 2.57 bits per heavy atom. The van der Waals surface area contributed by atoms with E-state index in [-0.39, 0.29) is 0 Å². The summed E-state index contributed by atoms with van der Waals surface area (Å²) in [7, 11) is 1.65. The van der Waals surface area contributed by atoms with Crippen molar-refractivity contribution in [2.75, 3.05) is 25.1 Å². The van der Waals surface area contributed by atoms with Crippen LogP contribution in [-0.2, 0) is 0 Å². The summed E-state index contributed by atoms with van der Waals surface area (Å²) in [5, 5.41) is 10.2. The lowest BCUT2D eigenvalue weighted by atomic mass is 10.0. The second-order valence-electron chi connectivity index (χ2n) is 7.22. The van der Waals surface area contributed by atoms with Crippen molar-refractivity contribution in [3.63, 3.8) is 0 Å². The fraction of sp³-hybridized carbons (Fsp3) is 0.167. The van der Waals surface area contributed by atoms with Gasteiger partial charge >= 0.3 is 0 Å². The van der Waals surface area contributed by atoms with Gasteiger partial charge in [0.05, 0.1) is 18.7 Å². The average Bonchev–Trinajstić information content (AvgIpc) is 2.77. The van der Waals surface area contributed by atoms with Gasteiger partial charge in [-0.3, -0.25) is 4.98 Å². The molecule has 30 heavy (non-hydrogen) atoms. The van der Waals surface area contributed by atoms with E-state index < -0.39 is 0 Å². The van der Waals surface area contributed by atoms with Crippen molar-refractivity contribution in [2.24, 2.45) is 0 Å². The molecule has 1 aliphatic heterocycles. The minimum Gasteiger partial charge on any atom is -0.494 e. The van der Waals surface area contributed by atoms with Gasteiger partial charge in [0.1, 0.15) is 17.1 Å². The number of nitriles is 1. The monoisotopic (exact) mass is 393 g/mol. The smallest absolute Gasteiger partial charge is 0.163 e. The van der Waals surface area contributed by atoms with Crippen LogP contribution in [0.5, 0.6) is 5.75 Å². The molecule has 3 heterocycles. The number of anilines is 1. The summed E-state index contributed by atoms with van der Waals surface area (Å²) in [6, 6.07) is 17.7. The van der Waals surface area contributed by atoms with Crippen LogP contribution >= 0.6 is 0 Å². The molecular weight excluding hydrogens is 374 g/mol. The number of rotatable bonds is 4. The van der Waals surface area contributed by atoms with Crippen LogP contribution in [-0.4, -0.2) is 35.2 Å². The minimum atomic E-state index is 0.623. The van der Waals surface area contributed by atoms with Crippen molar-refractivity contribution in [2.45, 2.75) is 6.42 Å². The zero-order chi connectivity index (χ0) is 20.5. The van der Waals surface area contributed by atoms with Crippen LogP contribution in [0.2, 0.25) is 0 Å². The summed E-state index contributed by atoms with van der Waals surface area (Å²) in [6.07, 6.45) is 4.66. The van der Waals surface area contributed by atoms with Gasteiger partial charge in [-0.15, -0.1) is 0 Å². The van der Waals surface area contributed by atoms with Crippen LogP contribution in [0.3, 0.4) is 0 Å². The van der Waals surface area contributed by atoms with E-state index in [9.17, 15) is 5.26 Å². The largest absolute Gasteiger partial charge is 0.494 e. The molecule has 1 aliphatic rings. The van der Waals surface area contributed by atoms with Gasteiger partial charge in [0.2, 0.25) is 0 Å². The molecule has 0 amide bonds. The van der Waals surface area contributed by atoms with E-state index in [4.69, 9.17) is 14.7 Å². The third kappa shape index (κ3) is 3.11. The van der Waals surface area contributed by atoms with Crippen LogP contribution in [0.15, 0.2) is 60.9 Å². The first kappa shape index (κ1) is 18.1. The standard InChI is InChI=1S/C24H19N5O/c1-30-21-13-19(17-6-2-5-16(11-17)14-25)12-20-22(21)27-23(18-7-3-8-26-15-18)28-24(20)29-9-4-10-29/h2-3,5-8,11-13,15H,4,9-10H2,1H3. The van der Waals surface area contributed by atoms with Crippen LogP contribution in [0.1, 0.15) is 12.0 Å². The van der Waals surface area contributed by atoms with Crippen LogP contribution < -0.4 is 9.64 Å². The lowest BCUT2D eigenvalue weighted by Gasteiger charge is -2.33. The van der Waals surface area contributed by atoms with E-state index in [2.05, 4.69) is 22.0 Å². The number of methoxy groups -OCH3 is 1. The maximum absolute atomic E-state index is 9.27. The number of fused-ring (bicyclic) bond motifs is 1. The first-order valence-electron chi connectivity index (χ1n) is 9.82. The molecule has 1 saturated heterocycles. The predicted octanol–water partition coefficient (Wildman–Crippen LogP) is 4.45. The maximum Gasteiger partial charge on any atom is 0.163 e. The number of ether oxygens (including phenoxy) is 1. The highest BCUT2D eigenvalue weighted by molar-refractivity contribution is 5.98. The van der Waals surface area contributed by atoms with Gasteiger partial charge in [0.15, 0.2) is 5.82 Å². The van der Waals surface area contributed by atoms with E-state index in [0.29, 0.717) is 17.1 Å². The van der Waals surface area contributed by atoms with Crippen molar-refractivity contribution in [1.29, 1.82) is 5.26 Å². The highest BCUT2D eigenvalue weighted by atomic mass is 16.5. The molecule has 0 radical (unpaired) electrons. The van der Waals surface area contributed by atoms with Crippen LogP contribution in [0.25, 0.3) is 33.4 Å². The topological polar surface area (TPSA) is 74.9 Å². The summed E-state index contributed by atoms with van der Waals surface area (Å²) < 4.78 is 5.73. The highest BCUT2D eigenvalue weighted by Gasteiger charge is 2.23. The summed E-state index contributed by atoms with van der Waals surface area (Å²) in [4.78, 5) is 16.2. The molecule has 0 bridgehead atoms. The van der Waals surface area contributed by atoms with E-state index in [1.54, 1.807) is 25.6 Å². The Kier molecular flexibility index (Phi) is 4.49. The Hall–Kier alpha value is -3.98. The lowest BCUT2D eigenvalue weighted by molar-refractivity contribution is 0.419. The maximum atomic E-state index is 9.27. The SMILES string of the molecule is COc1cc(-c2cccc(C#N)c2)cc2c(N3CCC3)nc(-c3cccnc3)nc12. The highest BCUT2D eigenvalue weighted by Crippen LogP contribution is 2.38. The molecule has 0 saturated carbocycles. The molecule has 6 heteroatoms. The minimum absolute atomic E-state index is 0.623. The zero-order valence-electron chi connectivity index (χ0n) is 16.5. The van der Waals surface area contributed by atoms with E-state index in [0.717, 1.165) is 52.9 Å². The average molecular weight is 393 g/mol. The number of hydrogen-bond acceptors (Lipinski definition) is 6. The second-order valence-corrected chi connectivity index (χ2v) is 7.22. The molecule has 0 spiro atoms. The number of nitrogens with zero attached hydrogens (tertiary/aromatic N) is 5. The van der Waals surface area contributed by atoms with Gasteiger partial charge in [0.25, 0.3) is 0 Å². The molecule has 5 rings (SSSR count). The predicted molar refractivity (Wildman–Crippen MR) is 116 cm³/mol. The summed E-state index contributed by atoms with van der Waals surface area (Å²) in [5.74, 6) is 2.22. The second kappa shape index (κ2) is 7.45. The summed E-state index contributed by atoms with van der Waals surface area (Å²) >= 11 is 0. The van der Waals surface area contributed by atoms with Crippen molar-refractivity contribution in [3.8, 4) is 34.3 Å². The fourth-order valence-corrected chi connectivity index (χ4v) is 3.67. The van der Waals surface area contributed by atoms with Crippen molar-refractivity contribution >= 4 is 16.7 Å². The van der Waals surface area contributed by atoms with Crippen LogP contribution in [0.4, 0.5) is 5.82 Å². The Balaban J connectivity index is 1.76. The molecule has 0 atom stereocenters. The molecule has 0 aliphatic carbocycles. The Morgan fingerprint density at radius 2 is 1.87 bits per heavy atom. The number of pyridine rings is 1. The Bertz CT molecular complexity index is 1280. The molecule has 2 aromatic carbocycles. The molecule has 1 fully saturated rings. The van der Waals surface area contributed by atoms with Gasteiger partial charge in [-0.2, -0.15) is 5.26 Å². The zero-order valence-corrected chi connectivity index (χ0v) is 16.5. The number of aromatic nitrogens is 3. The van der Waals surface area contributed by atoms with E-state index >= 15 is 0 Å². The number of benzene rings is 2. The third-order valence-corrected chi connectivity index (χ3v) is 5.37. The first-order chi connectivity index (χ1) is 14.8. The molecule has 2 aromatic heterocycles. The molecule has 6 nitrogen and oxygen atoms in total. The Morgan fingerprint density at radius 1 is 1.00 bits per heavy atom. The third-order valence-electron chi connectivity index (χ3n) is 5.37. The molecule has 4 aromatic rings. The van der Waals surface area contributed by atoms with Crippen molar-refractivity contribution in [1.82, 2.24) is 15.0 Å². The summed E-state index contributed by atoms with van der Waals surface area (Å²) in [5.41, 5.74) is 4.19. The first-order valence-corrected chi connectivity index (χ1v) is 9.82. The van der Waals surface area contributed by atoms with Gasteiger partial charge in [-0.25, -0.2) is 9.97 Å². The number of hydrogen-bond donors (Lipinski definition) is 0. The Labute approximate surface area is 174 Å². The molecule has 0 unspecified atom stereocenters. The van der Waals surface area contributed by atoms with Crippen molar-refractivity contribution in [3.05, 3.63) is 66.5 Å². The normalized spacial score (nSPS) is 13.0. The van der Waals surface area contributed by atoms with Gasteiger partial charge < -0.3 is 9.64 Å². The van der Waals surface area contributed by atoms with Gasteiger partial charge in [-0.05, 0) is 53.9 Å². The van der Waals surface area contributed by atoms with Crippen LogP contribution in [0, 0.1) is 11.3 Å². The molecular formula is C24H19N5O.